The predicted molar refractivity (Wildman–Crippen MR) is 99.9 cm³/mol. The molecule has 1 aromatic heterocycles. The number of benzene rings is 2. The number of aromatic nitrogens is 1. The number of aryl methyl sites for hydroxylation is 1. The number of pyridine rings is 1. The summed E-state index contributed by atoms with van der Waals surface area (Å²) in [5.74, 6) is -1.85. The normalized spacial score (nSPS) is 11.3. The fourth-order valence-corrected chi connectivity index (χ4v) is 2.85. The van der Waals surface area contributed by atoms with Gasteiger partial charge in [0.2, 0.25) is 0 Å². The van der Waals surface area contributed by atoms with Gasteiger partial charge in [0.1, 0.15) is 5.56 Å². The van der Waals surface area contributed by atoms with Gasteiger partial charge in [0.25, 0.3) is 11.5 Å². The smallest absolute Gasteiger partial charge is 0.416 e. The number of hydrogen-bond donors (Lipinski definition) is 1. The van der Waals surface area contributed by atoms with Gasteiger partial charge in [0.15, 0.2) is 5.75 Å². The summed E-state index contributed by atoms with van der Waals surface area (Å²) in [6.07, 6.45) is -4.51. The molecule has 9 heteroatoms. The number of carbonyl (C=O) groups is 2. The van der Waals surface area contributed by atoms with E-state index in [0.29, 0.717) is 10.9 Å². The monoisotopic (exact) mass is 404 g/mol. The molecule has 0 spiro atoms. The molecule has 2 aromatic carbocycles. The molecule has 6 nitrogen and oxygen atoms in total. The van der Waals surface area contributed by atoms with Gasteiger partial charge in [-0.15, -0.1) is 0 Å². The van der Waals surface area contributed by atoms with Crippen LogP contribution in [0.2, 0.25) is 0 Å². The fraction of sp³-hybridized carbons (Fsp3) is 0.150. The van der Waals surface area contributed by atoms with Gasteiger partial charge in [-0.05, 0) is 36.4 Å². The number of rotatable bonds is 3. The molecular weight excluding hydrogens is 389 g/mol. The summed E-state index contributed by atoms with van der Waals surface area (Å²) in [5, 5.41) is 2.74. The standard InChI is InChI=1S/C20H15F3N2O4/c1-11(26)29-17-14-5-3-4-6-15(14)25(2)19(28)16(17)18(27)24-13-9-7-12(8-10-13)20(21,22)23/h3-10H,1-2H3,(H,24,27). The molecule has 0 saturated heterocycles. The van der Waals surface area contributed by atoms with E-state index in [-0.39, 0.29) is 11.4 Å². The molecule has 0 atom stereocenters. The molecule has 0 bridgehead atoms. The van der Waals surface area contributed by atoms with E-state index in [1.807, 2.05) is 0 Å². The first kappa shape index (κ1) is 20.1. The van der Waals surface area contributed by atoms with Crippen LogP contribution in [0.1, 0.15) is 22.8 Å². The third-order valence-electron chi connectivity index (χ3n) is 4.20. The highest BCUT2D eigenvalue weighted by Crippen LogP contribution is 2.31. The van der Waals surface area contributed by atoms with Crippen molar-refractivity contribution in [2.75, 3.05) is 5.32 Å². The summed E-state index contributed by atoms with van der Waals surface area (Å²) < 4.78 is 44.4. The topological polar surface area (TPSA) is 77.4 Å². The van der Waals surface area contributed by atoms with Crippen molar-refractivity contribution in [3.63, 3.8) is 0 Å². The Morgan fingerprint density at radius 3 is 2.24 bits per heavy atom. The maximum absolute atomic E-state index is 12.8. The molecule has 0 fully saturated rings. The van der Waals surface area contributed by atoms with Crippen LogP contribution in [-0.2, 0) is 18.0 Å². The van der Waals surface area contributed by atoms with Gasteiger partial charge in [-0.3, -0.25) is 14.4 Å². The van der Waals surface area contributed by atoms with Gasteiger partial charge in [-0.1, -0.05) is 12.1 Å². The van der Waals surface area contributed by atoms with E-state index in [2.05, 4.69) is 5.32 Å². The first-order chi connectivity index (χ1) is 13.6. The predicted octanol–water partition coefficient (Wildman–Crippen LogP) is 3.73. The zero-order valence-electron chi connectivity index (χ0n) is 15.3. The number of nitrogens with zero attached hydrogens (tertiary/aromatic N) is 1. The Balaban J connectivity index is 2.08. The number of esters is 1. The summed E-state index contributed by atoms with van der Waals surface area (Å²) in [6, 6.07) is 10.3. The highest BCUT2D eigenvalue weighted by molar-refractivity contribution is 6.09. The molecule has 0 aliphatic rings. The zero-order valence-corrected chi connectivity index (χ0v) is 15.3. The second-order valence-electron chi connectivity index (χ2n) is 6.21. The summed E-state index contributed by atoms with van der Waals surface area (Å²) in [4.78, 5) is 37.1. The van der Waals surface area contributed by atoms with Crippen LogP contribution in [0.5, 0.6) is 5.75 Å². The van der Waals surface area contributed by atoms with Crippen LogP contribution < -0.4 is 15.6 Å². The number of anilines is 1. The number of carbonyl (C=O) groups excluding carboxylic acids is 2. The fourth-order valence-electron chi connectivity index (χ4n) is 2.85. The van der Waals surface area contributed by atoms with Gasteiger partial charge in [-0.2, -0.15) is 13.2 Å². The van der Waals surface area contributed by atoms with E-state index >= 15 is 0 Å². The second-order valence-corrected chi connectivity index (χ2v) is 6.21. The Morgan fingerprint density at radius 2 is 1.66 bits per heavy atom. The molecular formula is C20H15F3N2O4. The van der Waals surface area contributed by atoms with Crippen LogP contribution in [0.15, 0.2) is 53.3 Å². The Labute approximate surface area is 162 Å². The average Bonchev–Trinajstić information content (AvgIpc) is 2.65. The van der Waals surface area contributed by atoms with Crippen LogP contribution in [0.25, 0.3) is 10.9 Å². The molecule has 3 aromatic rings. The highest BCUT2D eigenvalue weighted by atomic mass is 19.4. The van der Waals surface area contributed by atoms with Crippen molar-refractivity contribution < 1.29 is 27.5 Å². The molecule has 0 radical (unpaired) electrons. The Kier molecular flexibility index (Phi) is 5.15. The van der Waals surface area contributed by atoms with E-state index < -0.39 is 34.7 Å². The van der Waals surface area contributed by atoms with Gasteiger partial charge < -0.3 is 14.6 Å². The van der Waals surface area contributed by atoms with Crippen LogP contribution >= 0.6 is 0 Å². The number of para-hydroxylation sites is 1. The molecule has 3 rings (SSSR count). The minimum atomic E-state index is -4.51. The Bertz CT molecular complexity index is 1170. The quantitative estimate of drug-likeness (QED) is 0.675. The van der Waals surface area contributed by atoms with Crippen LogP contribution in [0.3, 0.4) is 0 Å². The number of nitrogens with one attached hydrogen (secondary N) is 1. The van der Waals surface area contributed by atoms with E-state index in [9.17, 15) is 27.6 Å². The summed E-state index contributed by atoms with van der Waals surface area (Å²) in [6.45, 7) is 1.13. The Morgan fingerprint density at radius 1 is 1.03 bits per heavy atom. The van der Waals surface area contributed by atoms with Gasteiger partial charge in [-0.25, -0.2) is 0 Å². The molecule has 0 aliphatic heterocycles. The van der Waals surface area contributed by atoms with Crippen molar-refractivity contribution in [1.82, 2.24) is 4.57 Å². The van der Waals surface area contributed by atoms with Crippen molar-refractivity contribution >= 4 is 28.5 Å². The SMILES string of the molecule is CC(=O)Oc1c(C(=O)Nc2ccc(C(F)(F)F)cc2)c(=O)n(C)c2ccccc12. The number of amides is 1. The van der Waals surface area contributed by atoms with Gasteiger partial charge in [0.05, 0.1) is 11.1 Å². The molecule has 0 aliphatic carbocycles. The average molecular weight is 404 g/mol. The summed E-state index contributed by atoms with van der Waals surface area (Å²) in [5.41, 5.74) is -1.53. The van der Waals surface area contributed by atoms with Crippen molar-refractivity contribution in [2.24, 2.45) is 7.05 Å². The molecule has 1 heterocycles. The van der Waals surface area contributed by atoms with Crippen LogP contribution in [0, 0.1) is 0 Å². The lowest BCUT2D eigenvalue weighted by Crippen LogP contribution is -2.29. The van der Waals surface area contributed by atoms with E-state index in [1.165, 1.54) is 11.6 Å². The molecule has 0 saturated carbocycles. The molecule has 29 heavy (non-hydrogen) atoms. The summed E-state index contributed by atoms with van der Waals surface area (Å²) in [7, 11) is 1.46. The van der Waals surface area contributed by atoms with E-state index in [0.717, 1.165) is 31.2 Å². The second kappa shape index (κ2) is 7.42. The molecule has 0 unspecified atom stereocenters. The maximum Gasteiger partial charge on any atom is 0.416 e. The third-order valence-corrected chi connectivity index (χ3v) is 4.20. The van der Waals surface area contributed by atoms with Crippen LogP contribution in [-0.4, -0.2) is 16.4 Å². The minimum Gasteiger partial charge on any atom is -0.425 e. The highest BCUT2D eigenvalue weighted by Gasteiger charge is 2.30. The number of hydrogen-bond acceptors (Lipinski definition) is 4. The number of alkyl halides is 3. The first-order valence-electron chi connectivity index (χ1n) is 8.38. The molecule has 1 amide bonds. The van der Waals surface area contributed by atoms with Crippen molar-refractivity contribution in [1.29, 1.82) is 0 Å². The van der Waals surface area contributed by atoms with Gasteiger partial charge in [0, 0.05) is 25.0 Å². The van der Waals surface area contributed by atoms with Crippen LogP contribution in [0.4, 0.5) is 18.9 Å². The minimum absolute atomic E-state index is 0.0481. The molecule has 150 valence electrons. The maximum atomic E-state index is 12.8. The lowest BCUT2D eigenvalue weighted by atomic mass is 10.1. The number of fused-ring (bicyclic) bond motifs is 1. The Hall–Kier alpha value is -3.62. The van der Waals surface area contributed by atoms with Crippen molar-refractivity contribution in [3.8, 4) is 5.75 Å². The first-order valence-corrected chi connectivity index (χ1v) is 8.38. The molecule has 1 N–H and O–H groups in total. The number of ether oxygens (including phenoxy) is 1. The van der Waals surface area contributed by atoms with Crippen molar-refractivity contribution in [2.45, 2.75) is 13.1 Å². The van der Waals surface area contributed by atoms with E-state index in [4.69, 9.17) is 4.74 Å². The lowest BCUT2D eigenvalue weighted by Gasteiger charge is -2.15. The largest absolute Gasteiger partial charge is 0.425 e. The number of halogens is 3. The lowest BCUT2D eigenvalue weighted by molar-refractivity contribution is -0.137. The van der Waals surface area contributed by atoms with Crippen molar-refractivity contribution in [3.05, 3.63) is 70.0 Å². The van der Waals surface area contributed by atoms with Gasteiger partial charge >= 0.3 is 12.1 Å². The third kappa shape index (κ3) is 3.98. The summed E-state index contributed by atoms with van der Waals surface area (Å²) >= 11 is 0. The van der Waals surface area contributed by atoms with E-state index in [1.54, 1.807) is 24.3 Å². The zero-order chi connectivity index (χ0) is 21.3.